The van der Waals surface area contributed by atoms with Crippen LogP contribution in [0, 0.1) is 13.8 Å². The summed E-state index contributed by atoms with van der Waals surface area (Å²) in [4.78, 5) is 0. The summed E-state index contributed by atoms with van der Waals surface area (Å²) in [7, 11) is 0. The van der Waals surface area contributed by atoms with Crippen LogP contribution in [0.15, 0.2) is 48.5 Å². The van der Waals surface area contributed by atoms with Crippen molar-refractivity contribution >= 4 is 12.4 Å². The lowest BCUT2D eigenvalue weighted by Crippen LogP contribution is -2.39. The van der Waals surface area contributed by atoms with E-state index in [-0.39, 0.29) is 18.5 Å². The molecule has 1 heterocycles. The summed E-state index contributed by atoms with van der Waals surface area (Å²) in [6.07, 6.45) is 2.55. The number of benzene rings is 2. The highest BCUT2D eigenvalue weighted by Crippen LogP contribution is 2.27. The number of halogens is 1. The number of hydrogen-bond acceptors (Lipinski definition) is 2. The molecule has 2 aromatic rings. The monoisotopic (exact) mass is 331 g/mol. The van der Waals surface area contributed by atoms with Crippen molar-refractivity contribution in [3.63, 3.8) is 0 Å². The minimum absolute atomic E-state index is 0. The van der Waals surface area contributed by atoms with Crippen molar-refractivity contribution in [3.05, 3.63) is 70.8 Å². The summed E-state index contributed by atoms with van der Waals surface area (Å²) >= 11 is 0. The van der Waals surface area contributed by atoms with Gasteiger partial charge in [-0.05, 0) is 44.4 Å². The lowest BCUT2D eigenvalue weighted by molar-refractivity contribution is -0.00360. The van der Waals surface area contributed by atoms with E-state index in [0.717, 1.165) is 13.0 Å². The van der Waals surface area contributed by atoms with E-state index in [4.69, 9.17) is 4.74 Å². The van der Waals surface area contributed by atoms with Crippen LogP contribution in [0.1, 0.15) is 41.1 Å². The molecule has 0 bridgehead atoms. The molecular weight excluding hydrogens is 306 g/mol. The zero-order valence-electron chi connectivity index (χ0n) is 13.9. The fourth-order valence-electron chi connectivity index (χ4n) is 3.39. The van der Waals surface area contributed by atoms with Crippen molar-refractivity contribution in [1.29, 1.82) is 0 Å². The minimum atomic E-state index is 0. The standard InChI is InChI=1S/C20H25NO.ClH/c1-15-11-16(2)13-17(12-15)14-22-19-9-6-10-21-20(19)18-7-4-3-5-8-18;/h3-5,7-8,11-13,19-21H,6,9-10,14H2,1-2H3;1H. The van der Waals surface area contributed by atoms with Crippen molar-refractivity contribution in [1.82, 2.24) is 5.32 Å². The van der Waals surface area contributed by atoms with Gasteiger partial charge in [0.05, 0.1) is 18.8 Å². The maximum Gasteiger partial charge on any atom is 0.0774 e. The van der Waals surface area contributed by atoms with Crippen LogP contribution in [0.3, 0.4) is 0 Å². The average Bonchev–Trinajstić information content (AvgIpc) is 2.53. The highest BCUT2D eigenvalue weighted by atomic mass is 35.5. The molecule has 2 atom stereocenters. The number of nitrogens with one attached hydrogen (secondary N) is 1. The van der Waals surface area contributed by atoms with E-state index in [1.165, 1.54) is 28.7 Å². The summed E-state index contributed by atoms with van der Waals surface area (Å²) < 4.78 is 6.28. The first-order chi connectivity index (χ1) is 10.7. The third kappa shape index (κ3) is 4.81. The van der Waals surface area contributed by atoms with E-state index in [1.54, 1.807) is 0 Å². The van der Waals surface area contributed by atoms with Gasteiger partial charge in [0.2, 0.25) is 0 Å². The SMILES string of the molecule is Cc1cc(C)cc(COC2CCCNC2c2ccccc2)c1.Cl. The topological polar surface area (TPSA) is 21.3 Å². The van der Waals surface area contributed by atoms with Crippen LogP contribution in [0.25, 0.3) is 0 Å². The fourth-order valence-corrected chi connectivity index (χ4v) is 3.39. The number of ether oxygens (including phenoxy) is 1. The van der Waals surface area contributed by atoms with E-state index in [9.17, 15) is 0 Å². The quantitative estimate of drug-likeness (QED) is 0.874. The molecule has 23 heavy (non-hydrogen) atoms. The second-order valence-electron chi connectivity index (χ2n) is 6.33. The predicted octanol–water partition coefficient (Wildman–Crippen LogP) is 4.74. The molecule has 1 fully saturated rings. The Hall–Kier alpha value is -1.35. The van der Waals surface area contributed by atoms with Crippen molar-refractivity contribution in [2.45, 2.75) is 45.4 Å². The largest absolute Gasteiger partial charge is 0.372 e. The summed E-state index contributed by atoms with van der Waals surface area (Å²) in [6.45, 7) is 6.05. The molecule has 0 aliphatic carbocycles. The molecule has 124 valence electrons. The van der Waals surface area contributed by atoms with Gasteiger partial charge in [-0.25, -0.2) is 0 Å². The molecule has 0 aromatic heterocycles. The Labute approximate surface area is 145 Å². The van der Waals surface area contributed by atoms with E-state index in [0.29, 0.717) is 12.6 Å². The van der Waals surface area contributed by atoms with Gasteiger partial charge in [0.15, 0.2) is 0 Å². The Bertz CT molecular complexity index is 594. The first-order valence-electron chi connectivity index (χ1n) is 8.19. The van der Waals surface area contributed by atoms with E-state index in [2.05, 4.69) is 67.7 Å². The normalized spacial score (nSPS) is 20.8. The fraction of sp³-hybridized carbons (Fsp3) is 0.400. The maximum absolute atomic E-state index is 6.28. The molecule has 1 aliphatic rings. The Balaban J connectivity index is 0.00000192. The van der Waals surface area contributed by atoms with Gasteiger partial charge in [-0.15, -0.1) is 12.4 Å². The summed E-state index contributed by atoms with van der Waals surface area (Å²) in [6, 6.07) is 17.6. The zero-order valence-corrected chi connectivity index (χ0v) is 14.7. The molecule has 0 radical (unpaired) electrons. The molecule has 0 amide bonds. The number of aryl methyl sites for hydroxylation is 2. The van der Waals surface area contributed by atoms with Crippen LogP contribution in [0.2, 0.25) is 0 Å². The Morgan fingerprint density at radius 1 is 1.04 bits per heavy atom. The van der Waals surface area contributed by atoms with E-state index < -0.39 is 0 Å². The molecule has 1 N–H and O–H groups in total. The maximum atomic E-state index is 6.28. The number of rotatable bonds is 4. The van der Waals surface area contributed by atoms with Gasteiger partial charge >= 0.3 is 0 Å². The highest BCUT2D eigenvalue weighted by Gasteiger charge is 2.26. The highest BCUT2D eigenvalue weighted by molar-refractivity contribution is 5.85. The molecule has 1 aliphatic heterocycles. The van der Waals surface area contributed by atoms with Gasteiger partial charge in [0, 0.05) is 0 Å². The Morgan fingerprint density at radius 3 is 2.43 bits per heavy atom. The summed E-state index contributed by atoms with van der Waals surface area (Å²) in [5.41, 5.74) is 5.21. The molecule has 2 unspecified atom stereocenters. The molecule has 3 heteroatoms. The van der Waals surface area contributed by atoms with Crippen LogP contribution in [-0.4, -0.2) is 12.6 Å². The lowest BCUT2D eigenvalue weighted by Gasteiger charge is -2.33. The summed E-state index contributed by atoms with van der Waals surface area (Å²) in [5.74, 6) is 0. The second-order valence-corrected chi connectivity index (χ2v) is 6.33. The molecular formula is C20H26ClNO. The molecule has 1 saturated heterocycles. The van der Waals surface area contributed by atoms with Crippen LogP contribution in [-0.2, 0) is 11.3 Å². The second kappa shape index (κ2) is 8.49. The van der Waals surface area contributed by atoms with E-state index >= 15 is 0 Å². The minimum Gasteiger partial charge on any atom is -0.372 e. The van der Waals surface area contributed by atoms with Crippen LogP contribution in [0.5, 0.6) is 0 Å². The molecule has 2 aromatic carbocycles. The van der Waals surface area contributed by atoms with Crippen LogP contribution >= 0.6 is 12.4 Å². The van der Waals surface area contributed by atoms with Gasteiger partial charge < -0.3 is 10.1 Å². The van der Waals surface area contributed by atoms with Crippen molar-refractivity contribution in [2.75, 3.05) is 6.54 Å². The lowest BCUT2D eigenvalue weighted by atomic mass is 9.94. The predicted molar refractivity (Wildman–Crippen MR) is 98.2 cm³/mol. The molecule has 2 nitrogen and oxygen atoms in total. The van der Waals surface area contributed by atoms with Gasteiger partial charge in [-0.1, -0.05) is 59.7 Å². The third-order valence-corrected chi connectivity index (χ3v) is 4.31. The number of hydrogen-bond donors (Lipinski definition) is 1. The average molecular weight is 332 g/mol. The van der Waals surface area contributed by atoms with Crippen molar-refractivity contribution < 1.29 is 4.74 Å². The molecule has 0 saturated carbocycles. The van der Waals surface area contributed by atoms with Gasteiger partial charge in [0.1, 0.15) is 0 Å². The first-order valence-corrected chi connectivity index (χ1v) is 8.19. The zero-order chi connectivity index (χ0) is 15.4. The smallest absolute Gasteiger partial charge is 0.0774 e. The van der Waals surface area contributed by atoms with Gasteiger partial charge in [0.25, 0.3) is 0 Å². The first kappa shape index (κ1) is 18.0. The van der Waals surface area contributed by atoms with Gasteiger partial charge in [-0.2, -0.15) is 0 Å². The third-order valence-electron chi connectivity index (χ3n) is 4.31. The van der Waals surface area contributed by atoms with Crippen molar-refractivity contribution in [2.24, 2.45) is 0 Å². The van der Waals surface area contributed by atoms with E-state index in [1.807, 2.05) is 0 Å². The Kier molecular flexibility index (Phi) is 6.64. The van der Waals surface area contributed by atoms with Crippen LogP contribution in [0.4, 0.5) is 0 Å². The molecule has 0 spiro atoms. The number of piperidine rings is 1. The Morgan fingerprint density at radius 2 is 1.74 bits per heavy atom. The summed E-state index contributed by atoms with van der Waals surface area (Å²) in [5, 5.41) is 3.62. The van der Waals surface area contributed by atoms with Crippen molar-refractivity contribution in [3.8, 4) is 0 Å². The van der Waals surface area contributed by atoms with Gasteiger partial charge in [-0.3, -0.25) is 0 Å². The molecule has 3 rings (SSSR count). The van der Waals surface area contributed by atoms with Crippen LogP contribution < -0.4 is 5.32 Å².